The second-order valence-corrected chi connectivity index (χ2v) is 4.27. The molecule has 0 aliphatic heterocycles. The molecule has 0 radical (unpaired) electrons. The second-order valence-electron chi connectivity index (χ2n) is 4.27. The highest BCUT2D eigenvalue weighted by Gasteiger charge is 2.21. The molecule has 0 spiro atoms. The van der Waals surface area contributed by atoms with Gasteiger partial charge in [-0.15, -0.1) is 0 Å². The summed E-state index contributed by atoms with van der Waals surface area (Å²) in [4.78, 5) is 0. The number of rotatable bonds is 7. The van der Waals surface area contributed by atoms with Crippen LogP contribution >= 0.6 is 0 Å². The third-order valence-electron chi connectivity index (χ3n) is 2.81. The highest BCUT2D eigenvalue weighted by molar-refractivity contribution is 5.46. The van der Waals surface area contributed by atoms with Crippen molar-refractivity contribution in [2.75, 3.05) is 13.2 Å². The first-order valence-electron chi connectivity index (χ1n) is 6.46. The molecule has 1 aliphatic rings. The van der Waals surface area contributed by atoms with Crippen LogP contribution in [0.1, 0.15) is 32.3 Å². The SMILES string of the molecule is CCOc1cccc(CNC2CC2)c1OCC. The van der Waals surface area contributed by atoms with E-state index in [9.17, 15) is 0 Å². The molecule has 1 saturated carbocycles. The van der Waals surface area contributed by atoms with Crippen LogP contribution < -0.4 is 14.8 Å². The molecule has 0 saturated heterocycles. The van der Waals surface area contributed by atoms with Gasteiger partial charge in [-0.3, -0.25) is 0 Å². The maximum atomic E-state index is 5.71. The number of ether oxygens (including phenoxy) is 2. The molecule has 94 valence electrons. The quantitative estimate of drug-likeness (QED) is 0.788. The lowest BCUT2D eigenvalue weighted by atomic mass is 10.2. The van der Waals surface area contributed by atoms with Crippen molar-refractivity contribution < 1.29 is 9.47 Å². The van der Waals surface area contributed by atoms with Gasteiger partial charge in [0.15, 0.2) is 11.5 Å². The number of hydrogen-bond acceptors (Lipinski definition) is 3. The normalized spacial score (nSPS) is 14.7. The molecule has 0 bridgehead atoms. The van der Waals surface area contributed by atoms with Crippen LogP contribution in [0.15, 0.2) is 18.2 Å². The average Bonchev–Trinajstić information content (AvgIpc) is 3.14. The molecule has 0 unspecified atom stereocenters. The van der Waals surface area contributed by atoms with Crippen LogP contribution in [0.4, 0.5) is 0 Å². The Bertz CT molecular complexity index is 361. The Hall–Kier alpha value is -1.22. The lowest BCUT2D eigenvalue weighted by molar-refractivity contribution is 0.284. The van der Waals surface area contributed by atoms with Gasteiger partial charge in [-0.25, -0.2) is 0 Å². The van der Waals surface area contributed by atoms with Gasteiger partial charge in [-0.2, -0.15) is 0 Å². The van der Waals surface area contributed by atoms with E-state index in [4.69, 9.17) is 9.47 Å². The summed E-state index contributed by atoms with van der Waals surface area (Å²) in [6, 6.07) is 6.80. The zero-order valence-corrected chi connectivity index (χ0v) is 10.7. The number of para-hydroxylation sites is 1. The minimum atomic E-state index is 0.666. The van der Waals surface area contributed by atoms with Gasteiger partial charge in [0.2, 0.25) is 0 Å². The molecular formula is C14H21NO2. The Morgan fingerprint density at radius 1 is 1.18 bits per heavy atom. The van der Waals surface area contributed by atoms with Crippen LogP contribution in [0.2, 0.25) is 0 Å². The van der Waals surface area contributed by atoms with E-state index in [2.05, 4.69) is 11.4 Å². The van der Waals surface area contributed by atoms with Crippen LogP contribution in [0, 0.1) is 0 Å². The fraction of sp³-hybridized carbons (Fsp3) is 0.571. The summed E-state index contributed by atoms with van der Waals surface area (Å²) in [6.07, 6.45) is 2.60. The third-order valence-corrected chi connectivity index (χ3v) is 2.81. The van der Waals surface area contributed by atoms with E-state index in [1.54, 1.807) is 0 Å². The lowest BCUT2D eigenvalue weighted by Gasteiger charge is -2.15. The fourth-order valence-electron chi connectivity index (χ4n) is 1.82. The molecule has 0 heterocycles. The van der Waals surface area contributed by atoms with E-state index in [1.165, 1.54) is 18.4 Å². The fourth-order valence-corrected chi connectivity index (χ4v) is 1.82. The summed E-state index contributed by atoms with van der Waals surface area (Å²) in [5.41, 5.74) is 1.18. The zero-order chi connectivity index (χ0) is 12.1. The smallest absolute Gasteiger partial charge is 0.165 e. The molecule has 0 aromatic heterocycles. The second kappa shape index (κ2) is 5.92. The van der Waals surface area contributed by atoms with E-state index in [0.717, 1.165) is 18.0 Å². The molecular weight excluding hydrogens is 214 g/mol. The van der Waals surface area contributed by atoms with Crippen LogP contribution in [0.25, 0.3) is 0 Å². The van der Waals surface area contributed by atoms with E-state index in [-0.39, 0.29) is 0 Å². The molecule has 2 rings (SSSR count). The largest absolute Gasteiger partial charge is 0.490 e. The molecule has 1 fully saturated rings. The van der Waals surface area contributed by atoms with E-state index < -0.39 is 0 Å². The van der Waals surface area contributed by atoms with Crippen LogP contribution in [-0.4, -0.2) is 19.3 Å². The number of benzene rings is 1. The molecule has 1 aliphatic carbocycles. The molecule has 1 N–H and O–H groups in total. The minimum absolute atomic E-state index is 0.666. The van der Waals surface area contributed by atoms with Crippen LogP contribution in [0.3, 0.4) is 0 Å². The lowest BCUT2D eigenvalue weighted by Crippen LogP contribution is -2.16. The van der Waals surface area contributed by atoms with Gasteiger partial charge in [0.25, 0.3) is 0 Å². The van der Waals surface area contributed by atoms with Gasteiger partial charge in [0.1, 0.15) is 0 Å². The summed E-state index contributed by atoms with van der Waals surface area (Å²) in [6.45, 7) is 6.19. The first-order valence-corrected chi connectivity index (χ1v) is 6.46. The standard InChI is InChI=1S/C14H21NO2/c1-3-16-13-7-5-6-11(14(13)17-4-2)10-15-12-8-9-12/h5-7,12,15H,3-4,8-10H2,1-2H3. The summed E-state index contributed by atoms with van der Waals surface area (Å²) in [7, 11) is 0. The maximum Gasteiger partial charge on any atom is 0.165 e. The van der Waals surface area contributed by atoms with Crippen molar-refractivity contribution in [1.29, 1.82) is 0 Å². The predicted octanol–water partition coefficient (Wildman–Crippen LogP) is 2.74. The molecule has 3 nitrogen and oxygen atoms in total. The molecule has 1 aromatic rings. The van der Waals surface area contributed by atoms with Gasteiger partial charge in [-0.1, -0.05) is 12.1 Å². The highest BCUT2D eigenvalue weighted by Crippen LogP contribution is 2.32. The first-order chi connectivity index (χ1) is 8.35. The Balaban J connectivity index is 2.11. The Kier molecular flexibility index (Phi) is 4.26. The van der Waals surface area contributed by atoms with Crippen LogP contribution in [0.5, 0.6) is 11.5 Å². The Labute approximate surface area is 103 Å². The zero-order valence-electron chi connectivity index (χ0n) is 10.7. The van der Waals surface area contributed by atoms with Crippen molar-refractivity contribution in [3.63, 3.8) is 0 Å². The van der Waals surface area contributed by atoms with Gasteiger partial charge in [0.05, 0.1) is 13.2 Å². The van der Waals surface area contributed by atoms with Crippen molar-refractivity contribution in [2.24, 2.45) is 0 Å². The van der Waals surface area contributed by atoms with E-state index in [0.29, 0.717) is 19.3 Å². The summed E-state index contributed by atoms with van der Waals surface area (Å²) >= 11 is 0. The van der Waals surface area contributed by atoms with E-state index in [1.807, 2.05) is 26.0 Å². The topological polar surface area (TPSA) is 30.5 Å². The minimum Gasteiger partial charge on any atom is -0.490 e. The third kappa shape index (κ3) is 3.37. The molecule has 1 aromatic carbocycles. The van der Waals surface area contributed by atoms with Gasteiger partial charge in [-0.05, 0) is 32.8 Å². The maximum absolute atomic E-state index is 5.71. The van der Waals surface area contributed by atoms with Crippen LogP contribution in [-0.2, 0) is 6.54 Å². The molecule has 17 heavy (non-hydrogen) atoms. The Morgan fingerprint density at radius 2 is 1.94 bits per heavy atom. The molecule has 0 amide bonds. The van der Waals surface area contributed by atoms with Crippen molar-refractivity contribution in [3.8, 4) is 11.5 Å². The van der Waals surface area contributed by atoms with Gasteiger partial charge in [0, 0.05) is 18.2 Å². The highest BCUT2D eigenvalue weighted by atomic mass is 16.5. The predicted molar refractivity (Wildman–Crippen MR) is 68.6 cm³/mol. The summed E-state index contributed by atoms with van der Waals surface area (Å²) < 4.78 is 11.3. The first kappa shape index (κ1) is 12.2. The van der Waals surface area contributed by atoms with Crippen molar-refractivity contribution >= 4 is 0 Å². The Morgan fingerprint density at radius 3 is 2.59 bits per heavy atom. The van der Waals surface area contributed by atoms with Gasteiger partial charge >= 0.3 is 0 Å². The van der Waals surface area contributed by atoms with E-state index >= 15 is 0 Å². The summed E-state index contributed by atoms with van der Waals surface area (Å²) in [5, 5.41) is 3.51. The van der Waals surface area contributed by atoms with Gasteiger partial charge < -0.3 is 14.8 Å². The molecule has 3 heteroatoms. The summed E-state index contributed by atoms with van der Waals surface area (Å²) in [5.74, 6) is 1.74. The van der Waals surface area contributed by atoms with Crippen molar-refractivity contribution in [3.05, 3.63) is 23.8 Å². The number of hydrogen-bond donors (Lipinski definition) is 1. The van der Waals surface area contributed by atoms with Crippen molar-refractivity contribution in [2.45, 2.75) is 39.3 Å². The monoisotopic (exact) mass is 235 g/mol. The molecule has 0 atom stereocenters. The average molecular weight is 235 g/mol. The number of nitrogens with one attached hydrogen (secondary N) is 1. The van der Waals surface area contributed by atoms with Crippen molar-refractivity contribution in [1.82, 2.24) is 5.32 Å².